The summed E-state index contributed by atoms with van der Waals surface area (Å²) in [7, 11) is 0. The van der Waals surface area contributed by atoms with Crippen LogP contribution in [0.5, 0.6) is 0 Å². The molecule has 0 bridgehead atoms. The van der Waals surface area contributed by atoms with Crippen molar-refractivity contribution in [2.45, 2.75) is 13.0 Å². The van der Waals surface area contributed by atoms with Crippen molar-refractivity contribution < 1.29 is 9.63 Å². The highest BCUT2D eigenvalue weighted by Gasteiger charge is 2.15. The number of nitrogens with zero attached hydrogens (tertiary/aromatic N) is 4. The second-order valence-corrected chi connectivity index (χ2v) is 3.33. The second kappa shape index (κ2) is 4.33. The molecule has 2 rings (SSSR count). The van der Waals surface area contributed by atoms with E-state index >= 15 is 0 Å². The molecule has 0 fully saturated rings. The molecule has 7 nitrogen and oxygen atoms in total. The summed E-state index contributed by atoms with van der Waals surface area (Å²) in [5, 5.41) is 12.5. The maximum absolute atomic E-state index is 8.82. The van der Waals surface area contributed by atoms with Gasteiger partial charge in [-0.05, 0) is 12.5 Å². The summed E-state index contributed by atoms with van der Waals surface area (Å²) < 4.78 is 4.88. The number of hydrogen-bond donors (Lipinski definition) is 2. The zero-order valence-corrected chi connectivity index (χ0v) is 8.66. The lowest BCUT2D eigenvalue weighted by molar-refractivity contribution is 0.237. The Labute approximate surface area is 91.3 Å². The molecule has 0 unspecified atom stereocenters. The van der Waals surface area contributed by atoms with Crippen LogP contribution in [0, 0.1) is 6.92 Å². The summed E-state index contributed by atoms with van der Waals surface area (Å²) >= 11 is 0. The van der Waals surface area contributed by atoms with Crippen molar-refractivity contribution in [1.82, 2.24) is 20.1 Å². The van der Waals surface area contributed by atoms with Crippen molar-refractivity contribution in [3.8, 4) is 11.6 Å². The van der Waals surface area contributed by atoms with Gasteiger partial charge in [0.15, 0.2) is 0 Å². The second-order valence-electron chi connectivity index (χ2n) is 3.33. The van der Waals surface area contributed by atoms with Crippen LogP contribution in [0.4, 0.5) is 0 Å². The molecular weight excluding hydrogens is 210 g/mol. The minimum atomic E-state index is -0.674. The maximum atomic E-state index is 8.82. The van der Waals surface area contributed by atoms with E-state index in [9.17, 15) is 0 Å². The van der Waals surface area contributed by atoms with E-state index in [2.05, 4.69) is 20.1 Å². The van der Waals surface area contributed by atoms with E-state index < -0.39 is 6.04 Å². The maximum Gasteiger partial charge on any atom is 0.246 e. The first-order valence-electron chi connectivity index (χ1n) is 4.69. The first-order chi connectivity index (χ1) is 7.70. The number of aliphatic hydroxyl groups is 1. The molecular formula is C9H11N5O2. The average molecular weight is 221 g/mol. The molecule has 16 heavy (non-hydrogen) atoms. The van der Waals surface area contributed by atoms with Crippen LogP contribution in [0.2, 0.25) is 0 Å². The van der Waals surface area contributed by atoms with Gasteiger partial charge in [-0.25, -0.2) is 9.97 Å². The normalized spacial score (nSPS) is 12.7. The van der Waals surface area contributed by atoms with Crippen molar-refractivity contribution in [2.24, 2.45) is 5.73 Å². The number of hydrogen-bond acceptors (Lipinski definition) is 7. The Hall–Kier alpha value is -1.86. The molecule has 0 saturated heterocycles. The summed E-state index contributed by atoms with van der Waals surface area (Å²) in [6.07, 6.45) is 3.31. The lowest BCUT2D eigenvalue weighted by atomic mass is 10.3. The van der Waals surface area contributed by atoms with Crippen LogP contribution in [0.15, 0.2) is 16.9 Å². The van der Waals surface area contributed by atoms with Crippen molar-refractivity contribution in [3.05, 3.63) is 23.8 Å². The lowest BCUT2D eigenvalue weighted by Gasteiger charge is -1.98. The fourth-order valence-corrected chi connectivity index (χ4v) is 1.06. The molecule has 0 amide bonds. The first-order valence-corrected chi connectivity index (χ1v) is 4.69. The number of nitrogens with two attached hydrogens (primary N) is 1. The highest BCUT2D eigenvalue weighted by atomic mass is 16.5. The van der Waals surface area contributed by atoms with Crippen LogP contribution in [0.3, 0.4) is 0 Å². The van der Waals surface area contributed by atoms with Gasteiger partial charge in [0, 0.05) is 12.4 Å². The minimum absolute atomic E-state index is 0.168. The number of aliphatic hydroxyl groups excluding tert-OH is 1. The van der Waals surface area contributed by atoms with Gasteiger partial charge < -0.3 is 15.4 Å². The van der Waals surface area contributed by atoms with E-state index in [1.54, 1.807) is 12.4 Å². The van der Waals surface area contributed by atoms with Crippen LogP contribution in [0.1, 0.15) is 17.5 Å². The fraction of sp³-hybridized carbons (Fsp3) is 0.333. The van der Waals surface area contributed by atoms with Gasteiger partial charge in [-0.3, -0.25) is 0 Å². The van der Waals surface area contributed by atoms with Crippen molar-refractivity contribution in [3.63, 3.8) is 0 Å². The van der Waals surface area contributed by atoms with E-state index in [0.29, 0.717) is 5.82 Å². The molecule has 84 valence electrons. The van der Waals surface area contributed by atoms with Crippen LogP contribution in [0.25, 0.3) is 11.6 Å². The van der Waals surface area contributed by atoms with Crippen molar-refractivity contribution >= 4 is 0 Å². The third-order valence-corrected chi connectivity index (χ3v) is 1.94. The van der Waals surface area contributed by atoms with Crippen LogP contribution in [-0.2, 0) is 0 Å². The van der Waals surface area contributed by atoms with Gasteiger partial charge >= 0.3 is 0 Å². The van der Waals surface area contributed by atoms with E-state index in [1.165, 1.54) is 0 Å². The Bertz CT molecular complexity index is 467. The van der Waals surface area contributed by atoms with E-state index in [0.717, 1.165) is 5.56 Å². The Morgan fingerprint density at radius 2 is 2.06 bits per heavy atom. The number of aromatic nitrogens is 4. The zero-order valence-electron chi connectivity index (χ0n) is 8.66. The van der Waals surface area contributed by atoms with Gasteiger partial charge in [-0.15, -0.1) is 0 Å². The summed E-state index contributed by atoms with van der Waals surface area (Å²) in [4.78, 5) is 12.1. The van der Waals surface area contributed by atoms with Crippen LogP contribution < -0.4 is 5.73 Å². The summed E-state index contributed by atoms with van der Waals surface area (Å²) in [6, 6.07) is -0.674. The number of aryl methyl sites for hydroxylation is 1. The molecule has 0 aromatic carbocycles. The van der Waals surface area contributed by atoms with E-state index in [-0.39, 0.29) is 18.3 Å². The van der Waals surface area contributed by atoms with E-state index in [4.69, 9.17) is 15.4 Å². The van der Waals surface area contributed by atoms with Crippen LogP contribution in [-0.4, -0.2) is 31.8 Å². The van der Waals surface area contributed by atoms with Gasteiger partial charge in [0.05, 0.1) is 6.61 Å². The lowest BCUT2D eigenvalue weighted by Crippen LogP contribution is -2.14. The van der Waals surface area contributed by atoms with Gasteiger partial charge in [-0.2, -0.15) is 4.98 Å². The van der Waals surface area contributed by atoms with Crippen molar-refractivity contribution in [2.75, 3.05) is 6.61 Å². The predicted molar refractivity (Wildman–Crippen MR) is 54.1 cm³/mol. The summed E-state index contributed by atoms with van der Waals surface area (Å²) in [6.45, 7) is 1.63. The predicted octanol–water partition coefficient (Wildman–Crippen LogP) is -0.173. The highest BCUT2D eigenvalue weighted by Crippen LogP contribution is 2.13. The monoisotopic (exact) mass is 221 g/mol. The first kappa shape index (κ1) is 10.7. The number of rotatable bonds is 3. The average Bonchev–Trinajstić information content (AvgIpc) is 2.78. The topological polar surface area (TPSA) is 111 Å². The van der Waals surface area contributed by atoms with Gasteiger partial charge in [-0.1, -0.05) is 5.16 Å². The quantitative estimate of drug-likeness (QED) is 0.739. The van der Waals surface area contributed by atoms with Crippen molar-refractivity contribution in [1.29, 1.82) is 0 Å². The third-order valence-electron chi connectivity index (χ3n) is 1.94. The smallest absolute Gasteiger partial charge is 0.246 e. The molecule has 0 aliphatic carbocycles. The Morgan fingerprint density at radius 1 is 1.38 bits per heavy atom. The highest BCUT2D eigenvalue weighted by molar-refractivity contribution is 5.41. The molecule has 2 heterocycles. The van der Waals surface area contributed by atoms with Gasteiger partial charge in [0.25, 0.3) is 0 Å². The Balaban J connectivity index is 2.28. The molecule has 0 saturated carbocycles. The SMILES string of the molecule is Cc1cnc(-c2noc([C@H](N)CO)n2)nc1. The summed E-state index contributed by atoms with van der Waals surface area (Å²) in [5.41, 5.74) is 6.47. The third kappa shape index (κ3) is 2.05. The molecule has 2 aromatic heterocycles. The standard InChI is InChI=1S/C9H11N5O2/c1-5-2-11-7(12-3-5)8-13-9(16-14-8)6(10)4-15/h2-3,6,15H,4,10H2,1H3/t6-/m1/s1. The molecule has 0 aliphatic heterocycles. The molecule has 0 aliphatic rings. The Morgan fingerprint density at radius 3 is 2.69 bits per heavy atom. The molecule has 0 radical (unpaired) electrons. The van der Waals surface area contributed by atoms with E-state index in [1.807, 2.05) is 6.92 Å². The molecule has 1 atom stereocenters. The molecule has 7 heteroatoms. The van der Waals surface area contributed by atoms with Gasteiger partial charge in [0.1, 0.15) is 6.04 Å². The van der Waals surface area contributed by atoms with Gasteiger partial charge in [0.2, 0.25) is 17.5 Å². The molecule has 3 N–H and O–H groups in total. The summed E-state index contributed by atoms with van der Waals surface area (Å²) in [5.74, 6) is 0.798. The fourth-order valence-electron chi connectivity index (χ4n) is 1.06. The zero-order chi connectivity index (χ0) is 11.5. The Kier molecular flexibility index (Phi) is 2.88. The van der Waals surface area contributed by atoms with Crippen LogP contribution >= 0.6 is 0 Å². The molecule has 2 aromatic rings. The minimum Gasteiger partial charge on any atom is -0.394 e. The largest absolute Gasteiger partial charge is 0.394 e. The molecule has 0 spiro atoms.